The molecule has 0 spiro atoms. The van der Waals surface area contributed by atoms with Crippen molar-refractivity contribution < 1.29 is 19.0 Å². The van der Waals surface area contributed by atoms with Gasteiger partial charge >= 0.3 is 5.97 Å². The van der Waals surface area contributed by atoms with Gasteiger partial charge in [0.25, 0.3) is 0 Å². The Morgan fingerprint density at radius 3 is 3.05 bits per heavy atom. The summed E-state index contributed by atoms with van der Waals surface area (Å²) in [6.45, 7) is 7.39. The molecule has 3 aliphatic rings. The molecule has 21 heavy (non-hydrogen) atoms. The van der Waals surface area contributed by atoms with E-state index >= 15 is 0 Å². The highest BCUT2D eigenvalue weighted by Gasteiger charge is 2.62. The number of carbonyl (C=O) groups excluding carboxylic acids is 1. The van der Waals surface area contributed by atoms with Gasteiger partial charge in [0.1, 0.15) is 12.2 Å². The maximum atomic E-state index is 12.2. The number of hydrogen-bond donors (Lipinski definition) is 0. The van der Waals surface area contributed by atoms with Gasteiger partial charge in [-0.25, -0.2) is 0 Å². The third-order valence-corrected chi connectivity index (χ3v) is 5.24. The Bertz CT molecular complexity index is 444. The van der Waals surface area contributed by atoms with Gasteiger partial charge in [0.05, 0.1) is 18.1 Å². The summed E-state index contributed by atoms with van der Waals surface area (Å²) in [5, 5.41) is 0. The van der Waals surface area contributed by atoms with Crippen molar-refractivity contribution in [2.75, 3.05) is 13.2 Å². The molecule has 0 N–H and O–H groups in total. The van der Waals surface area contributed by atoms with Crippen LogP contribution in [0.2, 0.25) is 0 Å². The Hall–Kier alpha value is -0.870. The molecule has 2 saturated heterocycles. The predicted octanol–water partition coefficient (Wildman–Crippen LogP) is 2.86. The lowest BCUT2D eigenvalue weighted by Crippen LogP contribution is -2.31. The van der Waals surface area contributed by atoms with Crippen LogP contribution in [0.4, 0.5) is 0 Å². The first-order valence-corrected chi connectivity index (χ1v) is 8.17. The maximum absolute atomic E-state index is 12.2. The van der Waals surface area contributed by atoms with E-state index in [1.807, 2.05) is 6.92 Å². The molecule has 0 aromatic heterocycles. The van der Waals surface area contributed by atoms with E-state index in [4.69, 9.17) is 14.2 Å². The zero-order valence-corrected chi connectivity index (χ0v) is 13.3. The third kappa shape index (κ3) is 2.88. The normalized spacial score (nSPS) is 42.6. The number of carbonyl (C=O) groups is 1. The molecule has 0 aromatic carbocycles. The highest BCUT2D eigenvalue weighted by Crippen LogP contribution is 2.50. The molecule has 2 aliphatic heterocycles. The third-order valence-electron chi connectivity index (χ3n) is 5.24. The summed E-state index contributed by atoms with van der Waals surface area (Å²) in [6.07, 6.45) is 6.37. The minimum Gasteiger partial charge on any atom is -0.459 e. The summed E-state index contributed by atoms with van der Waals surface area (Å²) < 4.78 is 17.1. The van der Waals surface area contributed by atoms with Crippen LogP contribution in [0, 0.1) is 11.8 Å². The lowest BCUT2D eigenvalue weighted by atomic mass is 9.81. The average molecular weight is 294 g/mol. The van der Waals surface area contributed by atoms with Crippen LogP contribution in [0.3, 0.4) is 0 Å². The first kappa shape index (κ1) is 15.0. The maximum Gasteiger partial charge on any atom is 0.312 e. The lowest BCUT2D eigenvalue weighted by molar-refractivity contribution is -0.146. The largest absolute Gasteiger partial charge is 0.459 e. The van der Waals surface area contributed by atoms with E-state index in [9.17, 15) is 4.79 Å². The Labute approximate surface area is 126 Å². The van der Waals surface area contributed by atoms with E-state index < -0.39 is 0 Å². The Balaban J connectivity index is 1.80. The van der Waals surface area contributed by atoms with Crippen LogP contribution in [0.5, 0.6) is 0 Å². The molecule has 0 radical (unpaired) electrons. The number of rotatable bonds is 3. The molecule has 3 rings (SSSR count). The summed E-state index contributed by atoms with van der Waals surface area (Å²) in [6, 6.07) is 0. The second-order valence-electron chi connectivity index (χ2n) is 6.81. The quantitative estimate of drug-likeness (QED) is 0.456. The standard InChI is InChI=1S/C17H26O4/c1-4-19-10-13-12-8-7-11(2)6-5-9-17(3)15(21-17)14(12)20-16(13)18/h6,12-15H,4-5,7-10H2,1-3H3/t12-,13-,14-,15-,17+/m0/s1. The van der Waals surface area contributed by atoms with Gasteiger partial charge in [-0.1, -0.05) is 11.6 Å². The highest BCUT2D eigenvalue weighted by atomic mass is 16.6. The fraction of sp³-hybridized carbons (Fsp3) is 0.824. The second kappa shape index (κ2) is 5.73. The van der Waals surface area contributed by atoms with Crippen molar-refractivity contribution in [2.45, 2.75) is 64.3 Å². The average Bonchev–Trinajstić information content (AvgIpc) is 3.00. The molecule has 0 unspecified atom stereocenters. The molecule has 4 nitrogen and oxygen atoms in total. The molecule has 118 valence electrons. The lowest BCUT2D eigenvalue weighted by Gasteiger charge is -2.22. The van der Waals surface area contributed by atoms with Crippen molar-refractivity contribution >= 4 is 5.97 Å². The van der Waals surface area contributed by atoms with Crippen LogP contribution >= 0.6 is 0 Å². The van der Waals surface area contributed by atoms with Crippen molar-refractivity contribution in [3.63, 3.8) is 0 Å². The van der Waals surface area contributed by atoms with Crippen molar-refractivity contribution in [3.8, 4) is 0 Å². The van der Waals surface area contributed by atoms with Gasteiger partial charge in [0, 0.05) is 12.5 Å². The van der Waals surface area contributed by atoms with Crippen molar-refractivity contribution in [1.82, 2.24) is 0 Å². The van der Waals surface area contributed by atoms with Crippen LogP contribution < -0.4 is 0 Å². The Morgan fingerprint density at radius 1 is 1.48 bits per heavy atom. The van der Waals surface area contributed by atoms with Gasteiger partial charge in [-0.05, 0) is 46.5 Å². The van der Waals surface area contributed by atoms with Gasteiger partial charge in [-0.15, -0.1) is 0 Å². The van der Waals surface area contributed by atoms with E-state index in [0.717, 1.165) is 25.7 Å². The summed E-state index contributed by atoms with van der Waals surface area (Å²) in [4.78, 5) is 12.2. The van der Waals surface area contributed by atoms with Crippen LogP contribution in [0.15, 0.2) is 11.6 Å². The van der Waals surface area contributed by atoms with Gasteiger partial charge in [0.2, 0.25) is 0 Å². The van der Waals surface area contributed by atoms with Crippen molar-refractivity contribution in [2.24, 2.45) is 11.8 Å². The van der Waals surface area contributed by atoms with E-state index in [0.29, 0.717) is 13.2 Å². The molecule has 0 amide bonds. The molecule has 4 heteroatoms. The number of ether oxygens (including phenoxy) is 3. The molecule has 5 atom stereocenters. The van der Waals surface area contributed by atoms with Crippen LogP contribution in [0.25, 0.3) is 0 Å². The number of fused-ring (bicyclic) bond motifs is 3. The van der Waals surface area contributed by atoms with E-state index in [-0.39, 0.29) is 35.6 Å². The minimum atomic E-state index is -0.129. The molecule has 0 saturated carbocycles. The Kier molecular flexibility index (Phi) is 4.10. The van der Waals surface area contributed by atoms with E-state index in [1.54, 1.807) is 0 Å². The summed E-state index contributed by atoms with van der Waals surface area (Å²) >= 11 is 0. The fourth-order valence-electron chi connectivity index (χ4n) is 3.77. The molecule has 0 bridgehead atoms. The van der Waals surface area contributed by atoms with Crippen LogP contribution in [-0.4, -0.2) is 37.0 Å². The van der Waals surface area contributed by atoms with Crippen molar-refractivity contribution in [3.05, 3.63) is 11.6 Å². The fourth-order valence-corrected chi connectivity index (χ4v) is 3.77. The van der Waals surface area contributed by atoms with Gasteiger partial charge < -0.3 is 14.2 Å². The van der Waals surface area contributed by atoms with Crippen molar-refractivity contribution in [1.29, 1.82) is 0 Å². The van der Waals surface area contributed by atoms with E-state index in [2.05, 4.69) is 19.9 Å². The van der Waals surface area contributed by atoms with Crippen LogP contribution in [-0.2, 0) is 19.0 Å². The zero-order valence-electron chi connectivity index (χ0n) is 13.3. The molecule has 2 fully saturated rings. The molecular weight excluding hydrogens is 268 g/mol. The first-order chi connectivity index (χ1) is 10.0. The molecule has 1 aliphatic carbocycles. The van der Waals surface area contributed by atoms with Gasteiger partial charge in [-0.3, -0.25) is 4.79 Å². The number of allylic oxidation sites excluding steroid dienone is 2. The molecular formula is C17H26O4. The smallest absolute Gasteiger partial charge is 0.312 e. The Morgan fingerprint density at radius 2 is 2.29 bits per heavy atom. The number of esters is 1. The first-order valence-electron chi connectivity index (χ1n) is 8.17. The summed E-state index contributed by atoms with van der Waals surface area (Å²) in [5.74, 6) is -0.00914. The predicted molar refractivity (Wildman–Crippen MR) is 78.9 cm³/mol. The highest BCUT2D eigenvalue weighted by molar-refractivity contribution is 5.75. The van der Waals surface area contributed by atoms with Gasteiger partial charge in [-0.2, -0.15) is 0 Å². The van der Waals surface area contributed by atoms with E-state index in [1.165, 1.54) is 5.57 Å². The monoisotopic (exact) mass is 294 g/mol. The number of epoxide rings is 1. The topological polar surface area (TPSA) is 48.1 Å². The van der Waals surface area contributed by atoms with Crippen LogP contribution in [0.1, 0.15) is 46.5 Å². The number of hydrogen-bond acceptors (Lipinski definition) is 4. The minimum absolute atomic E-state index is 0.0740. The zero-order chi connectivity index (χ0) is 15.0. The summed E-state index contributed by atoms with van der Waals surface area (Å²) in [5.41, 5.74) is 1.30. The van der Waals surface area contributed by atoms with Gasteiger partial charge in [0.15, 0.2) is 0 Å². The summed E-state index contributed by atoms with van der Waals surface area (Å²) in [7, 11) is 0. The SMILES string of the molecule is CCOC[C@@H]1C(=O)O[C@H]2[C@H]1CCC(C)=CCC[C@@]1(C)O[C@@H]21. The molecule has 0 aromatic rings. The molecule has 2 heterocycles. The second-order valence-corrected chi connectivity index (χ2v) is 6.81.